The zero-order chi connectivity index (χ0) is 17.8. The van der Waals surface area contributed by atoms with E-state index in [1.165, 1.54) is 6.07 Å². The third-order valence-corrected chi connectivity index (χ3v) is 3.49. The van der Waals surface area contributed by atoms with Gasteiger partial charge in [0.2, 0.25) is 11.7 Å². The summed E-state index contributed by atoms with van der Waals surface area (Å²) in [6.07, 6.45) is 0. The number of hydrogen-bond donors (Lipinski definition) is 1. The molecule has 0 spiro atoms. The molecule has 0 saturated carbocycles. The summed E-state index contributed by atoms with van der Waals surface area (Å²) >= 11 is 0. The first-order valence-electron chi connectivity index (χ1n) is 7.61. The molecule has 1 aromatic heterocycles. The maximum Gasteiger partial charge on any atom is 0.259 e. The van der Waals surface area contributed by atoms with E-state index in [9.17, 15) is 9.18 Å². The molecule has 0 aliphatic carbocycles. The third-order valence-electron chi connectivity index (χ3n) is 3.49. The summed E-state index contributed by atoms with van der Waals surface area (Å²) in [5, 5.41) is 6.40. The van der Waals surface area contributed by atoms with Crippen LogP contribution in [0.15, 0.2) is 47.0 Å². The van der Waals surface area contributed by atoms with E-state index in [4.69, 9.17) is 9.26 Å². The van der Waals surface area contributed by atoms with Crippen LogP contribution in [-0.2, 0) is 6.61 Å². The van der Waals surface area contributed by atoms with Gasteiger partial charge in [-0.05, 0) is 36.8 Å². The van der Waals surface area contributed by atoms with Gasteiger partial charge in [-0.3, -0.25) is 4.79 Å². The minimum atomic E-state index is -0.400. The fourth-order valence-electron chi connectivity index (χ4n) is 2.19. The predicted molar refractivity (Wildman–Crippen MR) is 88.9 cm³/mol. The average molecular weight is 341 g/mol. The van der Waals surface area contributed by atoms with Crippen LogP contribution in [0.1, 0.15) is 27.6 Å². The molecule has 128 valence electrons. The highest BCUT2D eigenvalue weighted by Crippen LogP contribution is 2.21. The van der Waals surface area contributed by atoms with Crippen LogP contribution in [0.2, 0.25) is 0 Å². The topological polar surface area (TPSA) is 77.2 Å². The van der Waals surface area contributed by atoms with Gasteiger partial charge in [0, 0.05) is 12.6 Å². The number of benzene rings is 2. The molecule has 1 heterocycles. The number of hydrogen-bond acceptors (Lipinski definition) is 5. The molecule has 0 unspecified atom stereocenters. The smallest absolute Gasteiger partial charge is 0.259 e. The monoisotopic (exact) mass is 341 g/mol. The molecule has 0 aliphatic heterocycles. The Hall–Kier alpha value is -3.22. The molecule has 1 amide bonds. The normalized spacial score (nSPS) is 10.5. The molecule has 1 N–H and O–H groups in total. The van der Waals surface area contributed by atoms with Gasteiger partial charge < -0.3 is 14.6 Å². The van der Waals surface area contributed by atoms with Crippen molar-refractivity contribution in [2.45, 2.75) is 20.5 Å². The Kier molecular flexibility index (Phi) is 4.74. The number of para-hydroxylation sites is 1. The summed E-state index contributed by atoms with van der Waals surface area (Å²) in [6, 6.07) is 11.3. The lowest BCUT2D eigenvalue weighted by Crippen LogP contribution is -2.14. The molecule has 0 saturated heterocycles. The second-order valence-electron chi connectivity index (χ2n) is 5.43. The highest BCUT2D eigenvalue weighted by atomic mass is 19.1. The van der Waals surface area contributed by atoms with Gasteiger partial charge in [-0.15, -0.1) is 0 Å². The fourth-order valence-corrected chi connectivity index (χ4v) is 2.19. The Morgan fingerprint density at radius 1 is 1.24 bits per heavy atom. The predicted octanol–water partition coefficient (Wildman–Crippen LogP) is 3.66. The first-order valence-corrected chi connectivity index (χ1v) is 7.61. The van der Waals surface area contributed by atoms with E-state index in [0.717, 1.165) is 0 Å². The van der Waals surface area contributed by atoms with Crippen molar-refractivity contribution < 1.29 is 18.4 Å². The maximum absolute atomic E-state index is 13.6. The van der Waals surface area contributed by atoms with Crippen LogP contribution in [0, 0.1) is 19.7 Å². The van der Waals surface area contributed by atoms with Crippen molar-refractivity contribution in [3.05, 3.63) is 71.1 Å². The van der Waals surface area contributed by atoms with Crippen LogP contribution in [0.5, 0.6) is 5.75 Å². The van der Waals surface area contributed by atoms with Crippen molar-refractivity contribution in [2.24, 2.45) is 0 Å². The molecule has 0 bridgehead atoms. The average Bonchev–Trinajstić information content (AvgIpc) is 3.02. The number of nitrogens with one attached hydrogen (secondary N) is 1. The van der Waals surface area contributed by atoms with E-state index in [-0.39, 0.29) is 12.4 Å². The fraction of sp³-hybridized carbons (Fsp3) is 0.167. The number of aryl methyl sites for hydroxylation is 2. The second-order valence-corrected chi connectivity index (χ2v) is 5.43. The van der Waals surface area contributed by atoms with Gasteiger partial charge in [-0.1, -0.05) is 23.4 Å². The lowest BCUT2D eigenvalue weighted by atomic mass is 10.1. The summed E-state index contributed by atoms with van der Waals surface area (Å²) in [5.41, 5.74) is 1.21. The molecule has 0 atom stereocenters. The number of aromatic nitrogens is 2. The lowest BCUT2D eigenvalue weighted by Gasteiger charge is -2.11. The highest BCUT2D eigenvalue weighted by molar-refractivity contribution is 6.06. The number of rotatable bonds is 5. The number of anilines is 1. The molecule has 0 radical (unpaired) electrons. The number of carbonyl (C=O) groups excluding carboxylic acids is 1. The number of nitrogens with zero attached hydrogens (tertiary/aromatic N) is 2. The largest absolute Gasteiger partial charge is 0.485 e. The van der Waals surface area contributed by atoms with Crippen LogP contribution < -0.4 is 10.1 Å². The molecule has 2 aromatic carbocycles. The number of ether oxygens (including phenoxy) is 1. The van der Waals surface area contributed by atoms with Gasteiger partial charge in [-0.25, -0.2) is 4.39 Å². The molecular formula is C18H16FN3O3. The third kappa shape index (κ3) is 4.00. The molecule has 3 aromatic rings. The van der Waals surface area contributed by atoms with Crippen molar-refractivity contribution in [2.75, 3.05) is 5.32 Å². The molecule has 3 rings (SSSR count). The molecule has 7 heteroatoms. The molecule has 6 nitrogen and oxygen atoms in total. The number of carbonyl (C=O) groups is 1. The molecular weight excluding hydrogens is 325 g/mol. The van der Waals surface area contributed by atoms with Crippen molar-refractivity contribution in [1.82, 2.24) is 10.1 Å². The Morgan fingerprint density at radius 3 is 2.76 bits per heavy atom. The van der Waals surface area contributed by atoms with Crippen LogP contribution >= 0.6 is 0 Å². The Bertz CT molecular complexity index is 908. The van der Waals surface area contributed by atoms with Crippen LogP contribution in [0.4, 0.5) is 10.1 Å². The van der Waals surface area contributed by atoms with Gasteiger partial charge >= 0.3 is 0 Å². The molecule has 0 fully saturated rings. The minimum Gasteiger partial charge on any atom is -0.485 e. The maximum atomic E-state index is 13.6. The van der Waals surface area contributed by atoms with E-state index in [2.05, 4.69) is 15.5 Å². The number of amides is 1. The Balaban J connectivity index is 1.74. The van der Waals surface area contributed by atoms with Crippen molar-refractivity contribution in [3.63, 3.8) is 0 Å². The zero-order valence-corrected chi connectivity index (χ0v) is 13.7. The van der Waals surface area contributed by atoms with Crippen LogP contribution in [0.25, 0.3) is 0 Å². The standard InChI is InChI=1S/C18H16FN3O3/c1-11-7-8-13(9-15(11)19)21-18(23)14-5-3-4-6-16(14)24-10-17-20-12(2)25-22-17/h3-9H,10H2,1-2H3,(H,21,23). The van der Waals surface area contributed by atoms with E-state index in [1.807, 2.05) is 0 Å². The van der Waals surface area contributed by atoms with Crippen molar-refractivity contribution in [3.8, 4) is 5.75 Å². The van der Waals surface area contributed by atoms with Gasteiger partial charge in [0.05, 0.1) is 5.56 Å². The van der Waals surface area contributed by atoms with E-state index in [0.29, 0.717) is 34.3 Å². The van der Waals surface area contributed by atoms with Gasteiger partial charge in [0.15, 0.2) is 6.61 Å². The first-order chi connectivity index (χ1) is 12.0. The quantitative estimate of drug-likeness (QED) is 0.766. The second kappa shape index (κ2) is 7.12. The summed E-state index contributed by atoms with van der Waals surface area (Å²) in [7, 11) is 0. The summed E-state index contributed by atoms with van der Waals surface area (Å²) in [5.74, 6) is 0.410. The summed E-state index contributed by atoms with van der Waals surface area (Å²) in [4.78, 5) is 16.5. The zero-order valence-electron chi connectivity index (χ0n) is 13.7. The van der Waals surface area contributed by atoms with Gasteiger partial charge in [-0.2, -0.15) is 4.98 Å². The van der Waals surface area contributed by atoms with Crippen LogP contribution in [0.3, 0.4) is 0 Å². The minimum absolute atomic E-state index is 0.0702. The van der Waals surface area contributed by atoms with E-state index in [1.54, 1.807) is 50.2 Å². The van der Waals surface area contributed by atoms with Gasteiger partial charge in [0.25, 0.3) is 5.91 Å². The number of halogens is 1. The molecule has 25 heavy (non-hydrogen) atoms. The van der Waals surface area contributed by atoms with Crippen molar-refractivity contribution in [1.29, 1.82) is 0 Å². The molecule has 0 aliphatic rings. The highest BCUT2D eigenvalue weighted by Gasteiger charge is 2.14. The van der Waals surface area contributed by atoms with Gasteiger partial charge in [0.1, 0.15) is 11.6 Å². The van der Waals surface area contributed by atoms with Crippen molar-refractivity contribution >= 4 is 11.6 Å². The Labute approximate surface area is 143 Å². The Morgan fingerprint density at radius 2 is 2.04 bits per heavy atom. The lowest BCUT2D eigenvalue weighted by molar-refractivity contribution is 0.102. The van der Waals surface area contributed by atoms with E-state index < -0.39 is 5.91 Å². The summed E-state index contributed by atoms with van der Waals surface area (Å²) in [6.45, 7) is 3.41. The van der Waals surface area contributed by atoms with Crippen LogP contribution in [-0.4, -0.2) is 16.0 Å². The summed E-state index contributed by atoms with van der Waals surface area (Å²) < 4.78 is 24.1. The van der Waals surface area contributed by atoms with E-state index >= 15 is 0 Å². The SMILES string of the molecule is Cc1nc(COc2ccccc2C(=O)Nc2ccc(C)c(F)c2)no1. The first kappa shape index (κ1) is 16.6.